The van der Waals surface area contributed by atoms with E-state index in [2.05, 4.69) is 0 Å². The minimum Gasteiger partial charge on any atom is -0.501 e. The van der Waals surface area contributed by atoms with Gasteiger partial charge in [0.1, 0.15) is 6.29 Å². The molecule has 0 saturated heterocycles. The van der Waals surface area contributed by atoms with Crippen LogP contribution >= 0.6 is 0 Å². The number of allylic oxidation sites excluding steroid dienone is 6. The Bertz CT molecular complexity index is 222. The zero-order valence-corrected chi connectivity index (χ0v) is 7.70. The molecule has 0 aromatic carbocycles. The molecule has 0 unspecified atom stereocenters. The predicted molar refractivity (Wildman–Crippen MR) is 49.7 cm³/mol. The zero-order valence-electron chi connectivity index (χ0n) is 7.70. The van der Waals surface area contributed by atoms with Crippen molar-refractivity contribution >= 4 is 6.29 Å². The zero-order chi connectivity index (χ0) is 9.40. The molecule has 0 fully saturated rings. The molecular weight excluding hydrogens is 152 g/mol. The largest absolute Gasteiger partial charge is 0.501 e. The van der Waals surface area contributed by atoms with Gasteiger partial charge in [-0.1, -0.05) is 18.2 Å². The summed E-state index contributed by atoms with van der Waals surface area (Å²) in [6.45, 7) is 3.62. The molecular formula is C10H14O2. The Kier molecular flexibility index (Phi) is 5.70. The van der Waals surface area contributed by atoms with Gasteiger partial charge in [0.15, 0.2) is 0 Å². The van der Waals surface area contributed by atoms with E-state index in [4.69, 9.17) is 4.74 Å². The van der Waals surface area contributed by atoms with Crippen LogP contribution in [-0.2, 0) is 9.53 Å². The van der Waals surface area contributed by atoms with Gasteiger partial charge in [0.25, 0.3) is 0 Å². The lowest BCUT2D eigenvalue weighted by Gasteiger charge is -1.93. The molecule has 66 valence electrons. The fourth-order valence-corrected chi connectivity index (χ4v) is 0.506. The Balaban J connectivity index is 4.01. The summed E-state index contributed by atoms with van der Waals surface area (Å²) in [5.74, 6) is 0.836. The number of rotatable bonds is 4. The maximum absolute atomic E-state index is 10.1. The number of aldehydes is 1. The summed E-state index contributed by atoms with van der Waals surface area (Å²) in [6, 6.07) is 0. The van der Waals surface area contributed by atoms with Crippen LogP contribution in [0.25, 0.3) is 0 Å². The summed E-state index contributed by atoms with van der Waals surface area (Å²) in [6.07, 6.45) is 8.01. The van der Waals surface area contributed by atoms with Crippen LogP contribution in [-0.4, -0.2) is 13.4 Å². The molecule has 0 bridgehead atoms. The number of hydrogen-bond acceptors (Lipinski definition) is 2. The highest BCUT2D eigenvalue weighted by atomic mass is 16.5. The van der Waals surface area contributed by atoms with E-state index in [1.165, 1.54) is 0 Å². The van der Waals surface area contributed by atoms with Crippen molar-refractivity contribution < 1.29 is 9.53 Å². The Morgan fingerprint density at radius 1 is 1.17 bits per heavy atom. The van der Waals surface area contributed by atoms with Crippen molar-refractivity contribution in [1.29, 1.82) is 0 Å². The van der Waals surface area contributed by atoms with E-state index in [1.54, 1.807) is 26.2 Å². The number of methoxy groups -OCH3 is 1. The molecule has 0 spiro atoms. The fraction of sp³-hybridized carbons (Fsp3) is 0.300. The van der Waals surface area contributed by atoms with Gasteiger partial charge in [-0.15, -0.1) is 0 Å². The molecule has 2 heteroatoms. The molecule has 0 heterocycles. The van der Waals surface area contributed by atoms with Gasteiger partial charge in [-0.05, 0) is 25.5 Å². The summed E-state index contributed by atoms with van der Waals surface area (Å²) in [5.41, 5.74) is 0.703. The number of carbonyl (C=O) groups excluding carboxylic acids is 1. The lowest BCUT2D eigenvalue weighted by atomic mass is 10.3. The van der Waals surface area contributed by atoms with Gasteiger partial charge in [-0.25, -0.2) is 0 Å². The lowest BCUT2D eigenvalue weighted by Crippen LogP contribution is -1.76. The highest BCUT2D eigenvalue weighted by Crippen LogP contribution is 1.93. The summed E-state index contributed by atoms with van der Waals surface area (Å²) in [7, 11) is 1.62. The summed E-state index contributed by atoms with van der Waals surface area (Å²) >= 11 is 0. The Hall–Kier alpha value is -1.31. The average molecular weight is 166 g/mol. The number of carbonyl (C=O) groups is 1. The van der Waals surface area contributed by atoms with Crippen molar-refractivity contribution in [2.24, 2.45) is 0 Å². The van der Waals surface area contributed by atoms with Gasteiger partial charge in [-0.3, -0.25) is 4.79 Å². The van der Waals surface area contributed by atoms with Crippen molar-refractivity contribution in [1.82, 2.24) is 0 Å². The molecule has 2 nitrogen and oxygen atoms in total. The van der Waals surface area contributed by atoms with Crippen molar-refractivity contribution in [3.63, 3.8) is 0 Å². The van der Waals surface area contributed by atoms with Gasteiger partial charge in [0.05, 0.1) is 12.9 Å². The molecule has 0 amide bonds. The van der Waals surface area contributed by atoms with E-state index in [0.717, 1.165) is 12.0 Å². The van der Waals surface area contributed by atoms with Gasteiger partial charge < -0.3 is 4.74 Å². The standard InChI is InChI=1S/C10H14O2/c1-9(8-11)6-4-5-7-10(2)12-3/h4-8H,1-3H3/b5-4+,9-6?,10-7?. The molecule has 0 N–H and O–H groups in total. The Labute approximate surface area is 73.2 Å². The first-order valence-corrected chi connectivity index (χ1v) is 3.71. The maximum Gasteiger partial charge on any atom is 0.145 e. The molecule has 0 radical (unpaired) electrons. The van der Waals surface area contributed by atoms with Crippen LogP contribution in [0.15, 0.2) is 35.6 Å². The summed E-state index contributed by atoms with van der Waals surface area (Å²) in [4.78, 5) is 10.1. The van der Waals surface area contributed by atoms with Crippen molar-refractivity contribution in [2.45, 2.75) is 13.8 Å². The SMILES string of the molecule is COC(C)=C/C=C/C=C(C)C=O. The summed E-state index contributed by atoms with van der Waals surface area (Å²) < 4.78 is 4.90. The molecule has 0 aromatic heterocycles. The smallest absolute Gasteiger partial charge is 0.145 e. The van der Waals surface area contributed by atoms with Gasteiger partial charge in [0.2, 0.25) is 0 Å². The first-order valence-electron chi connectivity index (χ1n) is 3.71. The van der Waals surface area contributed by atoms with Gasteiger partial charge >= 0.3 is 0 Å². The number of hydrogen-bond donors (Lipinski definition) is 0. The van der Waals surface area contributed by atoms with E-state index in [1.807, 2.05) is 19.1 Å². The predicted octanol–water partition coefficient (Wildman–Crippen LogP) is 2.24. The molecule has 0 aromatic rings. The van der Waals surface area contributed by atoms with Gasteiger partial charge in [0, 0.05) is 0 Å². The second kappa shape index (κ2) is 6.40. The lowest BCUT2D eigenvalue weighted by molar-refractivity contribution is -0.104. The first kappa shape index (κ1) is 10.7. The van der Waals surface area contributed by atoms with E-state index >= 15 is 0 Å². The molecule has 0 aliphatic heterocycles. The van der Waals surface area contributed by atoms with Crippen LogP contribution in [0.2, 0.25) is 0 Å². The van der Waals surface area contributed by atoms with E-state index < -0.39 is 0 Å². The van der Waals surface area contributed by atoms with Gasteiger partial charge in [-0.2, -0.15) is 0 Å². The van der Waals surface area contributed by atoms with Crippen molar-refractivity contribution in [3.05, 3.63) is 35.6 Å². The minimum atomic E-state index is 0.703. The topological polar surface area (TPSA) is 26.3 Å². The monoisotopic (exact) mass is 166 g/mol. The number of ether oxygens (including phenoxy) is 1. The van der Waals surface area contributed by atoms with E-state index in [9.17, 15) is 4.79 Å². The van der Waals surface area contributed by atoms with Crippen LogP contribution in [0.4, 0.5) is 0 Å². The van der Waals surface area contributed by atoms with Crippen molar-refractivity contribution in [3.8, 4) is 0 Å². The van der Waals surface area contributed by atoms with Crippen LogP contribution < -0.4 is 0 Å². The van der Waals surface area contributed by atoms with E-state index in [-0.39, 0.29) is 0 Å². The third kappa shape index (κ3) is 5.47. The fourth-order valence-electron chi connectivity index (χ4n) is 0.506. The quantitative estimate of drug-likeness (QED) is 0.277. The van der Waals surface area contributed by atoms with Crippen LogP contribution in [0.1, 0.15) is 13.8 Å². The normalized spacial score (nSPS) is 13.6. The van der Waals surface area contributed by atoms with Crippen molar-refractivity contribution in [2.75, 3.05) is 7.11 Å². The second-order valence-electron chi connectivity index (χ2n) is 2.39. The highest BCUT2D eigenvalue weighted by molar-refractivity contribution is 5.72. The Morgan fingerprint density at radius 3 is 2.25 bits per heavy atom. The average Bonchev–Trinajstić information content (AvgIpc) is 2.11. The molecule has 0 atom stereocenters. The minimum absolute atomic E-state index is 0.703. The van der Waals surface area contributed by atoms with E-state index in [0.29, 0.717) is 5.57 Å². The third-order valence-corrected chi connectivity index (χ3v) is 1.31. The highest BCUT2D eigenvalue weighted by Gasteiger charge is 1.79. The molecule has 0 aliphatic rings. The third-order valence-electron chi connectivity index (χ3n) is 1.31. The van der Waals surface area contributed by atoms with Crippen LogP contribution in [0.3, 0.4) is 0 Å². The molecule has 0 rings (SSSR count). The first-order chi connectivity index (χ1) is 5.70. The second-order valence-corrected chi connectivity index (χ2v) is 2.39. The van der Waals surface area contributed by atoms with Crippen LogP contribution in [0.5, 0.6) is 0 Å². The van der Waals surface area contributed by atoms with Crippen LogP contribution in [0, 0.1) is 0 Å². The molecule has 0 saturated carbocycles. The summed E-state index contributed by atoms with van der Waals surface area (Å²) in [5, 5.41) is 0. The Morgan fingerprint density at radius 2 is 1.75 bits per heavy atom. The maximum atomic E-state index is 10.1. The molecule has 0 aliphatic carbocycles. The molecule has 12 heavy (non-hydrogen) atoms.